The Hall–Kier alpha value is -3.45. The highest BCUT2D eigenvalue weighted by Gasteiger charge is 2.44. The van der Waals surface area contributed by atoms with Crippen LogP contribution in [-0.4, -0.2) is 33.3 Å². The SMILES string of the molecule is CCOc1cccc([C@H]2C(C(=O)c3cccs3)=C(O)C(=O)N2Cc2ccncc2)c1. The first kappa shape index (κ1) is 19.8. The minimum absolute atomic E-state index is 0.0881. The molecule has 2 aromatic heterocycles. The van der Waals surface area contributed by atoms with E-state index in [1.54, 1.807) is 48.1 Å². The highest BCUT2D eigenvalue weighted by atomic mass is 32.1. The van der Waals surface area contributed by atoms with Crippen molar-refractivity contribution in [1.82, 2.24) is 9.88 Å². The number of hydrogen-bond acceptors (Lipinski definition) is 6. The van der Waals surface area contributed by atoms with Crippen molar-refractivity contribution in [2.45, 2.75) is 19.5 Å². The summed E-state index contributed by atoms with van der Waals surface area (Å²) in [6.45, 7) is 2.62. The molecule has 0 spiro atoms. The van der Waals surface area contributed by atoms with E-state index in [4.69, 9.17) is 4.74 Å². The van der Waals surface area contributed by atoms with E-state index in [0.717, 1.165) is 5.56 Å². The van der Waals surface area contributed by atoms with Crippen molar-refractivity contribution in [3.8, 4) is 5.75 Å². The Bertz CT molecular complexity index is 1090. The number of benzene rings is 1. The summed E-state index contributed by atoms with van der Waals surface area (Å²) in [5, 5.41) is 12.5. The maximum Gasteiger partial charge on any atom is 0.290 e. The first-order chi connectivity index (χ1) is 14.6. The average Bonchev–Trinajstić information content (AvgIpc) is 3.38. The molecule has 1 amide bonds. The van der Waals surface area contributed by atoms with E-state index in [9.17, 15) is 14.7 Å². The number of hydrogen-bond donors (Lipinski definition) is 1. The Morgan fingerprint density at radius 1 is 1.20 bits per heavy atom. The number of amides is 1. The van der Waals surface area contributed by atoms with Crippen LogP contribution in [0.25, 0.3) is 0 Å². The summed E-state index contributed by atoms with van der Waals surface area (Å²) < 4.78 is 5.61. The largest absolute Gasteiger partial charge is 0.503 e. The van der Waals surface area contributed by atoms with Crippen LogP contribution in [0.3, 0.4) is 0 Å². The Morgan fingerprint density at radius 3 is 2.70 bits per heavy atom. The Morgan fingerprint density at radius 2 is 2.00 bits per heavy atom. The molecule has 1 aliphatic rings. The van der Waals surface area contributed by atoms with E-state index in [2.05, 4.69) is 4.98 Å². The maximum absolute atomic E-state index is 13.2. The zero-order chi connectivity index (χ0) is 21.1. The smallest absolute Gasteiger partial charge is 0.290 e. The molecule has 0 saturated heterocycles. The van der Waals surface area contributed by atoms with Crippen molar-refractivity contribution in [1.29, 1.82) is 0 Å². The minimum atomic E-state index is -0.722. The van der Waals surface area contributed by atoms with Crippen molar-refractivity contribution in [2.75, 3.05) is 6.61 Å². The molecule has 6 nitrogen and oxygen atoms in total. The first-order valence-corrected chi connectivity index (χ1v) is 10.4. The third kappa shape index (κ3) is 3.71. The van der Waals surface area contributed by atoms with E-state index < -0.39 is 17.7 Å². The van der Waals surface area contributed by atoms with Crippen LogP contribution in [0.1, 0.15) is 33.8 Å². The predicted octanol–water partition coefficient (Wildman–Crippen LogP) is 4.32. The van der Waals surface area contributed by atoms with Gasteiger partial charge in [-0.1, -0.05) is 18.2 Å². The molecule has 4 rings (SSSR count). The lowest BCUT2D eigenvalue weighted by atomic mass is 9.95. The Balaban J connectivity index is 1.80. The molecule has 1 atom stereocenters. The van der Waals surface area contributed by atoms with E-state index >= 15 is 0 Å². The maximum atomic E-state index is 13.2. The molecular weight excluding hydrogens is 400 g/mol. The van der Waals surface area contributed by atoms with Gasteiger partial charge in [-0.25, -0.2) is 0 Å². The van der Waals surface area contributed by atoms with Gasteiger partial charge in [0.25, 0.3) is 5.91 Å². The molecule has 3 aromatic rings. The number of thiophene rings is 1. The summed E-state index contributed by atoms with van der Waals surface area (Å²) in [6, 6.07) is 13.6. The first-order valence-electron chi connectivity index (χ1n) is 9.54. The summed E-state index contributed by atoms with van der Waals surface area (Å²) in [4.78, 5) is 32.2. The van der Waals surface area contributed by atoms with Gasteiger partial charge in [-0.05, 0) is 53.8 Å². The molecular formula is C23H20N2O4S. The number of aliphatic hydroxyl groups is 1. The molecule has 3 heterocycles. The molecule has 152 valence electrons. The lowest BCUT2D eigenvalue weighted by Gasteiger charge is -2.27. The second-order valence-electron chi connectivity index (χ2n) is 6.77. The molecule has 1 aromatic carbocycles. The second-order valence-corrected chi connectivity index (χ2v) is 7.71. The summed E-state index contributed by atoms with van der Waals surface area (Å²) in [5.41, 5.74) is 1.64. The molecule has 0 radical (unpaired) electrons. The number of carbonyl (C=O) groups excluding carboxylic acids is 2. The lowest BCUT2D eigenvalue weighted by Crippen LogP contribution is -2.30. The van der Waals surface area contributed by atoms with Gasteiger partial charge in [-0.2, -0.15) is 0 Å². The highest BCUT2D eigenvalue weighted by Crippen LogP contribution is 2.41. The van der Waals surface area contributed by atoms with Crippen LogP contribution in [0.4, 0.5) is 0 Å². The normalized spacial score (nSPS) is 16.2. The highest BCUT2D eigenvalue weighted by molar-refractivity contribution is 7.12. The van der Waals surface area contributed by atoms with Crippen molar-refractivity contribution < 1.29 is 19.4 Å². The van der Waals surface area contributed by atoms with Gasteiger partial charge in [0.2, 0.25) is 5.78 Å². The fourth-order valence-corrected chi connectivity index (χ4v) is 4.24. The Labute approximate surface area is 178 Å². The van der Waals surface area contributed by atoms with Crippen molar-refractivity contribution >= 4 is 23.0 Å². The van der Waals surface area contributed by atoms with E-state index in [1.807, 2.05) is 25.1 Å². The third-order valence-corrected chi connectivity index (χ3v) is 5.75. The average molecular weight is 420 g/mol. The molecule has 0 aliphatic carbocycles. The molecule has 0 fully saturated rings. The van der Waals surface area contributed by atoms with Gasteiger partial charge in [0, 0.05) is 18.9 Å². The zero-order valence-corrected chi connectivity index (χ0v) is 17.1. The van der Waals surface area contributed by atoms with Crippen LogP contribution >= 0.6 is 11.3 Å². The van der Waals surface area contributed by atoms with Gasteiger partial charge in [0.05, 0.1) is 23.1 Å². The van der Waals surface area contributed by atoms with Crippen molar-refractivity contribution in [2.24, 2.45) is 0 Å². The number of rotatable bonds is 7. The molecule has 7 heteroatoms. The van der Waals surface area contributed by atoms with Crippen molar-refractivity contribution in [3.05, 3.63) is 93.6 Å². The number of carbonyl (C=O) groups is 2. The standard InChI is InChI=1S/C23H20N2O4S/c1-2-29-17-6-3-5-16(13-17)20-19(21(26)18-7-4-12-30-18)22(27)23(28)25(20)14-15-8-10-24-11-9-15/h3-13,20,27H,2,14H2,1H3/t20-/m0/s1. The molecule has 30 heavy (non-hydrogen) atoms. The molecule has 0 bridgehead atoms. The third-order valence-electron chi connectivity index (χ3n) is 4.88. The van der Waals surface area contributed by atoms with Crippen LogP contribution in [0.15, 0.2) is 77.6 Å². The fraction of sp³-hybridized carbons (Fsp3) is 0.174. The van der Waals surface area contributed by atoms with E-state index in [0.29, 0.717) is 22.8 Å². The van der Waals surface area contributed by atoms with Crippen LogP contribution < -0.4 is 4.74 Å². The fourth-order valence-electron chi connectivity index (χ4n) is 3.56. The molecule has 0 unspecified atom stereocenters. The summed E-state index contributed by atoms with van der Waals surface area (Å²) >= 11 is 1.28. The van der Waals surface area contributed by atoms with Crippen LogP contribution in [0.5, 0.6) is 5.75 Å². The van der Waals surface area contributed by atoms with Crippen molar-refractivity contribution in [3.63, 3.8) is 0 Å². The number of Topliss-reactive ketones (excluding diaryl/α,β-unsaturated/α-hetero) is 1. The van der Waals surface area contributed by atoms with Crippen LogP contribution in [0, 0.1) is 0 Å². The number of pyridine rings is 1. The minimum Gasteiger partial charge on any atom is -0.503 e. The van der Waals surface area contributed by atoms with E-state index in [-0.39, 0.29) is 17.9 Å². The molecule has 1 N–H and O–H groups in total. The quantitative estimate of drug-likeness (QED) is 0.576. The molecule has 0 saturated carbocycles. The summed E-state index contributed by atoms with van der Waals surface area (Å²) in [6.07, 6.45) is 3.29. The number of nitrogens with zero attached hydrogens (tertiary/aromatic N) is 2. The number of aliphatic hydroxyl groups excluding tert-OH is 1. The number of ether oxygens (including phenoxy) is 1. The number of aromatic nitrogens is 1. The van der Waals surface area contributed by atoms with Gasteiger partial charge in [0.1, 0.15) is 5.75 Å². The Kier molecular flexibility index (Phi) is 5.63. The molecule has 1 aliphatic heterocycles. The number of ketones is 1. The summed E-state index contributed by atoms with van der Waals surface area (Å²) in [7, 11) is 0. The van der Waals surface area contributed by atoms with Gasteiger partial charge in [0.15, 0.2) is 5.76 Å². The monoisotopic (exact) mass is 420 g/mol. The van der Waals surface area contributed by atoms with E-state index in [1.165, 1.54) is 16.2 Å². The predicted molar refractivity (Wildman–Crippen MR) is 113 cm³/mol. The summed E-state index contributed by atoms with van der Waals surface area (Å²) in [5.74, 6) is -0.784. The van der Waals surface area contributed by atoms with Gasteiger partial charge >= 0.3 is 0 Å². The van der Waals surface area contributed by atoms with Gasteiger partial charge < -0.3 is 14.7 Å². The second kappa shape index (κ2) is 8.51. The van der Waals surface area contributed by atoms with Gasteiger partial charge in [-0.15, -0.1) is 11.3 Å². The van der Waals surface area contributed by atoms with Crippen LogP contribution in [-0.2, 0) is 11.3 Å². The van der Waals surface area contributed by atoms with Crippen LogP contribution in [0.2, 0.25) is 0 Å². The van der Waals surface area contributed by atoms with Gasteiger partial charge in [-0.3, -0.25) is 14.6 Å². The lowest BCUT2D eigenvalue weighted by molar-refractivity contribution is -0.130. The zero-order valence-electron chi connectivity index (χ0n) is 16.3. The topological polar surface area (TPSA) is 79.7 Å².